The van der Waals surface area contributed by atoms with Gasteiger partial charge in [0.1, 0.15) is 0 Å². The van der Waals surface area contributed by atoms with Gasteiger partial charge in [-0.2, -0.15) is 8.42 Å². The minimum atomic E-state index is -3.71. The van der Waals surface area contributed by atoms with Gasteiger partial charge in [0.25, 0.3) is 0 Å². The molecule has 0 aliphatic rings. The van der Waals surface area contributed by atoms with E-state index in [1.807, 2.05) is 0 Å². The molecule has 0 saturated heterocycles. The van der Waals surface area contributed by atoms with Gasteiger partial charge < -0.3 is 9.50 Å². The number of amides is 1. The highest BCUT2D eigenvalue weighted by molar-refractivity contribution is 7.86. The number of benzene rings is 1. The van der Waals surface area contributed by atoms with E-state index in [0.29, 0.717) is 5.69 Å². The fraction of sp³-hybridized carbons (Fsp3) is 0.222. The monoisotopic (exact) mass is 297 g/mol. The molecule has 0 unspecified atom stereocenters. The maximum Gasteiger partial charge on any atom is 0.306 e. The zero-order valence-electron chi connectivity index (χ0n) is 8.95. The van der Waals surface area contributed by atoms with Crippen LogP contribution in [-0.4, -0.2) is 20.6 Å². The number of carbonyl (C=O) groups is 1. The Kier molecular flexibility index (Phi) is 4.24. The molecular formula is C9H9Cl2NO4S. The number of halogens is 2. The standard InChI is InChI=1S/C9H9Cl2NO4S/c1-5(13)12-6-3-7(10)9(8(11)4-6)16-17(2,14)15/h3-4H,1-2H3,(H,12,13). The van der Waals surface area contributed by atoms with Crippen LogP contribution in [0.25, 0.3) is 0 Å². The average molecular weight is 298 g/mol. The minimum Gasteiger partial charge on any atom is -0.379 e. The quantitative estimate of drug-likeness (QED) is 0.869. The van der Waals surface area contributed by atoms with E-state index in [-0.39, 0.29) is 21.7 Å². The van der Waals surface area contributed by atoms with Crippen LogP contribution in [0.1, 0.15) is 6.92 Å². The maximum absolute atomic E-state index is 11.0. The molecule has 0 saturated carbocycles. The Balaban J connectivity index is 3.15. The van der Waals surface area contributed by atoms with Gasteiger partial charge in [-0.25, -0.2) is 0 Å². The van der Waals surface area contributed by atoms with Crippen molar-refractivity contribution in [3.63, 3.8) is 0 Å². The fourth-order valence-electron chi connectivity index (χ4n) is 1.07. The molecule has 17 heavy (non-hydrogen) atoms. The van der Waals surface area contributed by atoms with E-state index in [9.17, 15) is 13.2 Å². The lowest BCUT2D eigenvalue weighted by atomic mass is 10.3. The van der Waals surface area contributed by atoms with E-state index < -0.39 is 10.1 Å². The normalized spacial score (nSPS) is 11.1. The zero-order chi connectivity index (χ0) is 13.2. The third-order valence-electron chi connectivity index (χ3n) is 1.55. The van der Waals surface area contributed by atoms with E-state index in [1.54, 1.807) is 0 Å². The van der Waals surface area contributed by atoms with E-state index in [0.717, 1.165) is 6.26 Å². The summed E-state index contributed by atoms with van der Waals surface area (Å²) >= 11 is 11.6. The van der Waals surface area contributed by atoms with Gasteiger partial charge in [0.05, 0.1) is 16.3 Å². The Morgan fingerprint density at radius 1 is 1.29 bits per heavy atom. The first-order valence-electron chi connectivity index (χ1n) is 4.35. The molecule has 1 aromatic rings. The van der Waals surface area contributed by atoms with Crippen molar-refractivity contribution in [3.05, 3.63) is 22.2 Å². The summed E-state index contributed by atoms with van der Waals surface area (Å²) in [5.74, 6) is -0.459. The maximum atomic E-state index is 11.0. The lowest BCUT2D eigenvalue weighted by Crippen LogP contribution is -2.08. The molecule has 0 fully saturated rings. The Hall–Kier alpha value is -0.980. The Morgan fingerprint density at radius 3 is 2.12 bits per heavy atom. The van der Waals surface area contributed by atoms with E-state index >= 15 is 0 Å². The molecule has 0 aliphatic carbocycles. The van der Waals surface area contributed by atoms with Crippen LogP contribution >= 0.6 is 23.2 Å². The van der Waals surface area contributed by atoms with Gasteiger partial charge in [-0.15, -0.1) is 0 Å². The Labute approximate surface area is 109 Å². The summed E-state index contributed by atoms with van der Waals surface area (Å²) in [7, 11) is -3.71. The van der Waals surface area contributed by atoms with Crippen LogP contribution in [-0.2, 0) is 14.9 Å². The number of hydrogen-bond donors (Lipinski definition) is 1. The molecule has 0 heterocycles. The van der Waals surface area contributed by atoms with Crippen LogP contribution in [0.4, 0.5) is 5.69 Å². The molecule has 5 nitrogen and oxygen atoms in total. The lowest BCUT2D eigenvalue weighted by Gasteiger charge is -2.10. The van der Waals surface area contributed by atoms with Crippen LogP contribution in [0.5, 0.6) is 5.75 Å². The van der Waals surface area contributed by atoms with Gasteiger partial charge in [0.2, 0.25) is 5.91 Å². The molecule has 94 valence electrons. The molecule has 0 radical (unpaired) electrons. The van der Waals surface area contributed by atoms with Crippen LogP contribution < -0.4 is 9.50 Å². The summed E-state index contributed by atoms with van der Waals surface area (Å²) in [6.07, 6.45) is 0.876. The largest absolute Gasteiger partial charge is 0.379 e. The second-order valence-corrected chi connectivity index (χ2v) is 5.63. The summed E-state index contributed by atoms with van der Waals surface area (Å²) in [4.78, 5) is 10.8. The molecule has 0 aliphatic heterocycles. The molecule has 1 amide bonds. The fourth-order valence-corrected chi connectivity index (χ4v) is 2.20. The summed E-state index contributed by atoms with van der Waals surface area (Å²) in [6, 6.07) is 2.69. The van der Waals surface area contributed by atoms with Crippen molar-refractivity contribution < 1.29 is 17.4 Å². The van der Waals surface area contributed by atoms with Gasteiger partial charge in [0.15, 0.2) is 5.75 Å². The number of anilines is 1. The molecule has 0 spiro atoms. The zero-order valence-corrected chi connectivity index (χ0v) is 11.3. The second kappa shape index (κ2) is 5.12. The van der Waals surface area contributed by atoms with Crippen molar-refractivity contribution in [3.8, 4) is 5.75 Å². The molecule has 8 heteroatoms. The summed E-state index contributed by atoms with van der Waals surface area (Å²) in [5.41, 5.74) is 0.355. The SMILES string of the molecule is CC(=O)Nc1cc(Cl)c(OS(C)(=O)=O)c(Cl)c1. The third kappa shape index (κ3) is 4.41. The minimum absolute atomic E-state index is 0.00771. The van der Waals surface area contributed by atoms with Crippen molar-refractivity contribution in [1.29, 1.82) is 0 Å². The number of hydrogen-bond acceptors (Lipinski definition) is 4. The predicted octanol–water partition coefficient (Wildman–Crippen LogP) is 2.29. The summed E-state index contributed by atoms with van der Waals surface area (Å²) in [6.45, 7) is 1.32. The van der Waals surface area contributed by atoms with Crippen molar-refractivity contribution >= 4 is 44.9 Å². The van der Waals surface area contributed by atoms with Gasteiger partial charge in [-0.1, -0.05) is 23.2 Å². The first-order valence-corrected chi connectivity index (χ1v) is 6.92. The summed E-state index contributed by atoms with van der Waals surface area (Å²) < 4.78 is 26.5. The van der Waals surface area contributed by atoms with E-state index in [2.05, 4.69) is 9.50 Å². The molecule has 1 rings (SSSR count). The van der Waals surface area contributed by atoms with Crippen LogP contribution in [0.2, 0.25) is 10.0 Å². The van der Waals surface area contributed by atoms with Crippen molar-refractivity contribution in [2.24, 2.45) is 0 Å². The third-order valence-corrected chi connectivity index (χ3v) is 2.58. The van der Waals surface area contributed by atoms with Gasteiger partial charge in [-0.05, 0) is 12.1 Å². The number of carbonyl (C=O) groups excluding carboxylic acids is 1. The topological polar surface area (TPSA) is 72.5 Å². The van der Waals surface area contributed by atoms with E-state index in [4.69, 9.17) is 23.2 Å². The van der Waals surface area contributed by atoms with Crippen LogP contribution in [0.15, 0.2) is 12.1 Å². The predicted molar refractivity (Wildman–Crippen MR) is 66.2 cm³/mol. The van der Waals surface area contributed by atoms with Crippen molar-refractivity contribution in [1.82, 2.24) is 0 Å². The first-order chi connectivity index (χ1) is 7.69. The van der Waals surface area contributed by atoms with Gasteiger partial charge >= 0.3 is 10.1 Å². The highest BCUT2D eigenvalue weighted by Crippen LogP contribution is 2.36. The molecule has 0 aromatic heterocycles. The highest BCUT2D eigenvalue weighted by Gasteiger charge is 2.15. The Bertz CT molecular complexity index is 533. The highest BCUT2D eigenvalue weighted by atomic mass is 35.5. The van der Waals surface area contributed by atoms with Crippen molar-refractivity contribution in [2.75, 3.05) is 11.6 Å². The number of nitrogens with one attached hydrogen (secondary N) is 1. The number of rotatable bonds is 3. The van der Waals surface area contributed by atoms with Crippen LogP contribution in [0, 0.1) is 0 Å². The van der Waals surface area contributed by atoms with Crippen molar-refractivity contribution in [2.45, 2.75) is 6.92 Å². The van der Waals surface area contributed by atoms with Gasteiger partial charge in [0, 0.05) is 12.6 Å². The molecule has 0 bridgehead atoms. The molecule has 0 atom stereocenters. The van der Waals surface area contributed by atoms with Gasteiger partial charge in [-0.3, -0.25) is 4.79 Å². The first kappa shape index (κ1) is 14.1. The lowest BCUT2D eigenvalue weighted by molar-refractivity contribution is -0.114. The molecule has 1 aromatic carbocycles. The second-order valence-electron chi connectivity index (χ2n) is 3.24. The summed E-state index contributed by atoms with van der Waals surface area (Å²) in [5, 5.41) is 2.45. The van der Waals surface area contributed by atoms with Crippen LogP contribution in [0.3, 0.4) is 0 Å². The average Bonchev–Trinajstić information content (AvgIpc) is 2.08. The smallest absolute Gasteiger partial charge is 0.306 e. The Morgan fingerprint density at radius 2 is 1.76 bits per heavy atom. The van der Waals surface area contributed by atoms with E-state index in [1.165, 1.54) is 19.1 Å². The molecule has 1 N–H and O–H groups in total. The molecular weight excluding hydrogens is 289 g/mol.